The molecule has 18 heavy (non-hydrogen) atoms. The first kappa shape index (κ1) is 17.9. The highest BCUT2D eigenvalue weighted by Crippen LogP contribution is 2.27. The molecular formula is C16H35NO. The third-order valence-corrected chi connectivity index (χ3v) is 4.23. The van der Waals surface area contributed by atoms with Gasteiger partial charge in [-0.3, -0.25) is 0 Å². The van der Waals surface area contributed by atoms with Crippen LogP contribution in [0.3, 0.4) is 0 Å². The molecule has 0 aliphatic rings. The van der Waals surface area contributed by atoms with E-state index in [4.69, 9.17) is 4.74 Å². The highest BCUT2D eigenvalue weighted by molar-refractivity contribution is 4.91. The van der Waals surface area contributed by atoms with Crippen molar-refractivity contribution in [2.75, 3.05) is 13.7 Å². The fourth-order valence-electron chi connectivity index (χ4n) is 2.82. The van der Waals surface area contributed by atoms with Crippen molar-refractivity contribution in [3.63, 3.8) is 0 Å². The number of nitrogens with one attached hydrogen (secondary N) is 1. The van der Waals surface area contributed by atoms with Crippen molar-refractivity contribution >= 4 is 0 Å². The van der Waals surface area contributed by atoms with Gasteiger partial charge in [-0.15, -0.1) is 0 Å². The number of hydrogen-bond donors (Lipinski definition) is 1. The van der Waals surface area contributed by atoms with Gasteiger partial charge < -0.3 is 10.1 Å². The average Bonchev–Trinajstić information content (AvgIpc) is 2.42. The lowest BCUT2D eigenvalue weighted by atomic mass is 9.84. The molecule has 0 amide bonds. The molecule has 1 N–H and O–H groups in total. The van der Waals surface area contributed by atoms with Crippen LogP contribution in [0.1, 0.15) is 79.1 Å². The Morgan fingerprint density at radius 2 is 1.61 bits per heavy atom. The fraction of sp³-hybridized carbons (Fsp3) is 1.00. The first-order chi connectivity index (χ1) is 8.70. The molecule has 2 nitrogen and oxygen atoms in total. The number of unbranched alkanes of at least 4 members (excludes halogenated alkanes) is 3. The van der Waals surface area contributed by atoms with Gasteiger partial charge in [0.25, 0.3) is 0 Å². The van der Waals surface area contributed by atoms with Crippen molar-refractivity contribution in [3.05, 3.63) is 0 Å². The molecule has 110 valence electrons. The molecule has 0 bridgehead atoms. The van der Waals surface area contributed by atoms with Crippen molar-refractivity contribution in [2.45, 2.75) is 90.7 Å². The van der Waals surface area contributed by atoms with Crippen LogP contribution >= 0.6 is 0 Å². The Labute approximate surface area is 115 Å². The van der Waals surface area contributed by atoms with E-state index >= 15 is 0 Å². The van der Waals surface area contributed by atoms with Crippen molar-refractivity contribution in [1.82, 2.24) is 5.32 Å². The molecule has 1 atom stereocenters. The lowest BCUT2D eigenvalue weighted by Gasteiger charge is -2.39. The summed E-state index contributed by atoms with van der Waals surface area (Å²) in [6.45, 7) is 10.1. The van der Waals surface area contributed by atoms with E-state index in [1.54, 1.807) is 0 Å². The van der Waals surface area contributed by atoms with E-state index < -0.39 is 0 Å². The van der Waals surface area contributed by atoms with E-state index in [9.17, 15) is 0 Å². The molecule has 0 heterocycles. The Morgan fingerprint density at radius 1 is 0.944 bits per heavy atom. The second-order valence-electron chi connectivity index (χ2n) is 5.33. The average molecular weight is 257 g/mol. The molecule has 2 heteroatoms. The largest absolute Gasteiger partial charge is 0.377 e. The smallest absolute Gasteiger partial charge is 0.0825 e. The molecule has 0 aromatic carbocycles. The highest BCUT2D eigenvalue weighted by atomic mass is 16.5. The van der Waals surface area contributed by atoms with Gasteiger partial charge in [0.2, 0.25) is 0 Å². The Hall–Kier alpha value is -0.0800. The summed E-state index contributed by atoms with van der Waals surface area (Å²) < 4.78 is 5.89. The molecular weight excluding hydrogens is 222 g/mol. The number of methoxy groups -OCH3 is 1. The van der Waals surface area contributed by atoms with E-state index in [1.165, 1.54) is 38.5 Å². The summed E-state index contributed by atoms with van der Waals surface area (Å²) in [5.74, 6) is 0. The Kier molecular flexibility index (Phi) is 10.8. The molecule has 0 saturated carbocycles. The molecule has 0 radical (unpaired) electrons. The molecule has 0 spiro atoms. The molecule has 0 fully saturated rings. The van der Waals surface area contributed by atoms with E-state index in [0.717, 1.165) is 19.4 Å². The summed E-state index contributed by atoms with van der Waals surface area (Å²) >= 11 is 0. The van der Waals surface area contributed by atoms with Crippen molar-refractivity contribution < 1.29 is 4.74 Å². The molecule has 0 aromatic rings. The monoisotopic (exact) mass is 257 g/mol. The maximum atomic E-state index is 5.89. The van der Waals surface area contributed by atoms with Gasteiger partial charge in [-0.25, -0.2) is 0 Å². The molecule has 0 aromatic heterocycles. The standard InChI is InChI=1S/C16H35NO/c1-6-10-11-12-13-15(17-14-7-2)16(8-3,9-4)18-5/h15,17H,6-14H2,1-5H3. The van der Waals surface area contributed by atoms with Crippen LogP contribution in [-0.2, 0) is 4.74 Å². The van der Waals surface area contributed by atoms with E-state index in [0.29, 0.717) is 6.04 Å². The lowest BCUT2D eigenvalue weighted by Crippen LogP contribution is -2.51. The Morgan fingerprint density at radius 3 is 2.06 bits per heavy atom. The van der Waals surface area contributed by atoms with Crippen LogP contribution in [0.5, 0.6) is 0 Å². The maximum absolute atomic E-state index is 5.89. The first-order valence-corrected chi connectivity index (χ1v) is 7.99. The minimum Gasteiger partial charge on any atom is -0.377 e. The summed E-state index contributed by atoms with van der Waals surface area (Å²) in [7, 11) is 1.87. The zero-order chi connectivity index (χ0) is 13.9. The maximum Gasteiger partial charge on any atom is 0.0825 e. The van der Waals surface area contributed by atoms with Crippen molar-refractivity contribution in [1.29, 1.82) is 0 Å². The van der Waals surface area contributed by atoms with Crippen molar-refractivity contribution in [2.24, 2.45) is 0 Å². The molecule has 0 saturated heterocycles. The molecule has 0 aliphatic carbocycles. The van der Waals surface area contributed by atoms with Crippen LogP contribution < -0.4 is 5.32 Å². The second-order valence-corrected chi connectivity index (χ2v) is 5.33. The zero-order valence-electron chi connectivity index (χ0n) is 13.3. The predicted molar refractivity (Wildman–Crippen MR) is 81.2 cm³/mol. The normalized spacial score (nSPS) is 13.8. The van der Waals surface area contributed by atoms with Gasteiger partial charge in [-0.1, -0.05) is 53.4 Å². The van der Waals surface area contributed by atoms with Crippen LogP contribution in [0, 0.1) is 0 Å². The van der Waals surface area contributed by atoms with Gasteiger partial charge in [-0.05, 0) is 32.2 Å². The van der Waals surface area contributed by atoms with Gasteiger partial charge in [0.1, 0.15) is 0 Å². The number of rotatable bonds is 12. The summed E-state index contributed by atoms with van der Waals surface area (Å²) in [6.07, 6.45) is 9.97. The van der Waals surface area contributed by atoms with Gasteiger partial charge in [0, 0.05) is 13.2 Å². The van der Waals surface area contributed by atoms with Crippen LogP contribution in [0.15, 0.2) is 0 Å². The number of hydrogen-bond acceptors (Lipinski definition) is 2. The summed E-state index contributed by atoms with van der Waals surface area (Å²) in [6, 6.07) is 0.509. The molecule has 0 rings (SSSR count). The quantitative estimate of drug-likeness (QED) is 0.519. The fourth-order valence-corrected chi connectivity index (χ4v) is 2.82. The van der Waals surface area contributed by atoms with Gasteiger partial charge in [-0.2, -0.15) is 0 Å². The van der Waals surface area contributed by atoms with E-state index in [2.05, 4.69) is 33.0 Å². The lowest BCUT2D eigenvalue weighted by molar-refractivity contribution is -0.0498. The second kappa shape index (κ2) is 10.8. The topological polar surface area (TPSA) is 21.3 Å². The third kappa shape index (κ3) is 5.71. The van der Waals surface area contributed by atoms with Gasteiger partial charge >= 0.3 is 0 Å². The minimum atomic E-state index is 0.0292. The first-order valence-electron chi connectivity index (χ1n) is 7.99. The van der Waals surface area contributed by atoms with E-state index in [1.807, 2.05) is 7.11 Å². The highest BCUT2D eigenvalue weighted by Gasteiger charge is 2.34. The summed E-state index contributed by atoms with van der Waals surface area (Å²) in [5.41, 5.74) is 0.0292. The van der Waals surface area contributed by atoms with Crippen LogP contribution in [0.2, 0.25) is 0 Å². The SMILES string of the molecule is CCCCCCC(NCCC)C(CC)(CC)OC. The van der Waals surface area contributed by atoms with Gasteiger partial charge in [0.05, 0.1) is 5.60 Å². The van der Waals surface area contributed by atoms with Gasteiger partial charge in [0.15, 0.2) is 0 Å². The summed E-state index contributed by atoms with van der Waals surface area (Å²) in [4.78, 5) is 0. The molecule has 1 unspecified atom stereocenters. The number of ether oxygens (including phenoxy) is 1. The van der Waals surface area contributed by atoms with Crippen LogP contribution in [-0.4, -0.2) is 25.3 Å². The zero-order valence-corrected chi connectivity index (χ0v) is 13.3. The summed E-state index contributed by atoms with van der Waals surface area (Å²) in [5, 5.41) is 3.72. The minimum absolute atomic E-state index is 0.0292. The Balaban J connectivity index is 4.42. The van der Waals surface area contributed by atoms with Crippen molar-refractivity contribution in [3.8, 4) is 0 Å². The third-order valence-electron chi connectivity index (χ3n) is 4.23. The van der Waals surface area contributed by atoms with E-state index in [-0.39, 0.29) is 5.60 Å². The van der Waals surface area contributed by atoms with Crippen LogP contribution in [0.4, 0.5) is 0 Å². The predicted octanol–water partition coefficient (Wildman–Crippen LogP) is 4.53. The Bertz CT molecular complexity index is 170. The van der Waals surface area contributed by atoms with Crippen LogP contribution in [0.25, 0.3) is 0 Å². The molecule has 0 aliphatic heterocycles.